The van der Waals surface area contributed by atoms with Gasteiger partial charge in [0.1, 0.15) is 6.07 Å². The first-order chi connectivity index (χ1) is 7.56. The van der Waals surface area contributed by atoms with E-state index in [0.29, 0.717) is 36.7 Å². The molecule has 2 aromatic rings. The molecule has 1 aromatic heterocycles. The summed E-state index contributed by atoms with van der Waals surface area (Å²) in [5.74, 6) is 0. The zero-order valence-corrected chi connectivity index (χ0v) is 10.9. The molecule has 0 amide bonds. The number of nitrogens with two attached hydrogens (primary N) is 1. The van der Waals surface area contributed by atoms with Gasteiger partial charge in [-0.2, -0.15) is 5.26 Å². The van der Waals surface area contributed by atoms with Crippen LogP contribution in [0.15, 0.2) is 16.7 Å². The Bertz CT molecular complexity index is 634. The first-order valence-electron chi connectivity index (χ1n) is 4.18. The van der Waals surface area contributed by atoms with E-state index in [-0.39, 0.29) is 0 Å². The van der Waals surface area contributed by atoms with E-state index < -0.39 is 0 Å². The summed E-state index contributed by atoms with van der Waals surface area (Å²) in [5, 5.41) is 10.1. The second-order valence-corrected chi connectivity index (χ2v) is 4.69. The van der Waals surface area contributed by atoms with Crippen molar-refractivity contribution >= 4 is 55.7 Å². The van der Waals surface area contributed by atoms with E-state index in [1.807, 2.05) is 6.07 Å². The van der Waals surface area contributed by atoms with Crippen LogP contribution in [0.5, 0.6) is 0 Å². The largest absolute Gasteiger partial charge is 0.397 e. The molecule has 2 rings (SSSR count). The summed E-state index contributed by atoms with van der Waals surface area (Å²) in [6.45, 7) is 0. The predicted octanol–water partition coefficient (Wildman–Crippen LogP) is 3.76. The smallest absolute Gasteiger partial charge is 0.103 e. The fourth-order valence-corrected chi connectivity index (χ4v) is 2.29. The van der Waals surface area contributed by atoms with Crippen molar-refractivity contribution in [1.82, 2.24) is 4.98 Å². The molecule has 0 radical (unpaired) electrons. The minimum absolute atomic E-state index is 0.317. The predicted molar refractivity (Wildman–Crippen MR) is 68.6 cm³/mol. The maximum Gasteiger partial charge on any atom is 0.103 e. The zero-order valence-electron chi connectivity index (χ0n) is 7.76. The highest BCUT2D eigenvalue weighted by Crippen LogP contribution is 2.38. The Morgan fingerprint density at radius 2 is 2.06 bits per heavy atom. The van der Waals surface area contributed by atoms with Crippen molar-refractivity contribution < 1.29 is 0 Å². The highest BCUT2D eigenvalue weighted by molar-refractivity contribution is 9.10. The Kier molecular flexibility index (Phi) is 2.94. The number of nitrogen functional groups attached to an aromatic ring is 1. The third-order valence-electron chi connectivity index (χ3n) is 2.16. The second-order valence-electron chi connectivity index (χ2n) is 3.08. The lowest BCUT2D eigenvalue weighted by atomic mass is 10.1. The SMILES string of the molecule is N#Cc1cnc2c(Cl)c(Cl)c(Br)cc2c1N. The lowest BCUT2D eigenvalue weighted by molar-refractivity contribution is 1.37. The van der Waals surface area contributed by atoms with Gasteiger partial charge in [-0.15, -0.1) is 0 Å². The number of halogens is 3. The summed E-state index contributed by atoms with van der Waals surface area (Å²) in [7, 11) is 0. The van der Waals surface area contributed by atoms with Gasteiger partial charge in [-0.3, -0.25) is 4.98 Å². The molecule has 0 bridgehead atoms. The summed E-state index contributed by atoms with van der Waals surface area (Å²) >= 11 is 15.3. The normalized spacial score (nSPS) is 10.4. The van der Waals surface area contributed by atoms with Crippen LogP contribution in [0.25, 0.3) is 10.9 Å². The van der Waals surface area contributed by atoms with Crippen LogP contribution in [0.3, 0.4) is 0 Å². The average Bonchev–Trinajstić information content (AvgIpc) is 2.28. The number of benzene rings is 1. The molecule has 80 valence electrons. The number of hydrogen-bond donors (Lipinski definition) is 1. The number of pyridine rings is 1. The number of rotatable bonds is 0. The molecule has 0 fully saturated rings. The van der Waals surface area contributed by atoms with Gasteiger partial charge in [-0.25, -0.2) is 0 Å². The molecule has 0 spiro atoms. The van der Waals surface area contributed by atoms with Crippen LogP contribution in [0.1, 0.15) is 5.56 Å². The third-order valence-corrected chi connectivity index (χ3v) is 3.87. The zero-order chi connectivity index (χ0) is 11.9. The maximum absolute atomic E-state index is 8.83. The van der Waals surface area contributed by atoms with Crippen molar-refractivity contribution in [3.63, 3.8) is 0 Å². The molecule has 0 unspecified atom stereocenters. The summed E-state index contributed by atoms with van der Waals surface area (Å²) in [6, 6.07) is 3.66. The monoisotopic (exact) mass is 315 g/mol. The third kappa shape index (κ3) is 1.61. The Balaban J connectivity index is 2.98. The Morgan fingerprint density at radius 3 is 2.69 bits per heavy atom. The van der Waals surface area contributed by atoms with Crippen molar-refractivity contribution in [2.24, 2.45) is 0 Å². The first-order valence-corrected chi connectivity index (χ1v) is 5.73. The summed E-state index contributed by atoms with van der Waals surface area (Å²) in [6.07, 6.45) is 1.38. The van der Waals surface area contributed by atoms with Gasteiger partial charge in [0.15, 0.2) is 0 Å². The molecule has 3 nitrogen and oxygen atoms in total. The second kappa shape index (κ2) is 4.10. The van der Waals surface area contributed by atoms with Gasteiger partial charge < -0.3 is 5.73 Å². The summed E-state index contributed by atoms with van der Waals surface area (Å²) in [5.41, 5.74) is 7.00. The van der Waals surface area contributed by atoms with E-state index >= 15 is 0 Å². The molecule has 2 N–H and O–H groups in total. The molecule has 0 atom stereocenters. The van der Waals surface area contributed by atoms with Gasteiger partial charge in [0.2, 0.25) is 0 Å². The van der Waals surface area contributed by atoms with Crippen molar-refractivity contribution in [2.45, 2.75) is 0 Å². The number of hydrogen-bond acceptors (Lipinski definition) is 3. The standard InChI is InChI=1S/C10H4BrCl2N3/c11-6-1-5-9(15)4(2-14)3-16-10(5)8(13)7(6)12/h1,3H,(H2,15,16). The highest BCUT2D eigenvalue weighted by atomic mass is 79.9. The molecule has 0 aliphatic rings. The topological polar surface area (TPSA) is 62.7 Å². The van der Waals surface area contributed by atoms with E-state index in [1.54, 1.807) is 6.07 Å². The average molecular weight is 317 g/mol. The van der Waals surface area contributed by atoms with Crippen LogP contribution in [-0.2, 0) is 0 Å². The summed E-state index contributed by atoms with van der Waals surface area (Å²) < 4.78 is 0.621. The van der Waals surface area contributed by atoms with Crippen LogP contribution < -0.4 is 5.73 Å². The maximum atomic E-state index is 8.83. The van der Waals surface area contributed by atoms with Crippen LogP contribution >= 0.6 is 39.1 Å². The van der Waals surface area contributed by atoms with E-state index in [9.17, 15) is 0 Å². The molecule has 6 heteroatoms. The van der Waals surface area contributed by atoms with Crippen LogP contribution in [0, 0.1) is 11.3 Å². The van der Waals surface area contributed by atoms with Crippen molar-refractivity contribution in [1.29, 1.82) is 5.26 Å². The Morgan fingerprint density at radius 1 is 1.38 bits per heavy atom. The van der Waals surface area contributed by atoms with Crippen LogP contribution in [0.2, 0.25) is 10.0 Å². The van der Waals surface area contributed by atoms with Gasteiger partial charge in [-0.05, 0) is 22.0 Å². The van der Waals surface area contributed by atoms with E-state index in [0.717, 1.165) is 0 Å². The van der Waals surface area contributed by atoms with Gasteiger partial charge in [0, 0.05) is 16.1 Å². The molecular weight excluding hydrogens is 313 g/mol. The lowest BCUT2D eigenvalue weighted by Crippen LogP contribution is -1.95. The van der Waals surface area contributed by atoms with Gasteiger partial charge in [0.05, 0.1) is 26.8 Å². The van der Waals surface area contributed by atoms with Gasteiger partial charge in [-0.1, -0.05) is 23.2 Å². The number of nitriles is 1. The molecule has 0 aliphatic carbocycles. The minimum atomic E-state index is 0.317. The number of anilines is 1. The molecule has 16 heavy (non-hydrogen) atoms. The molecule has 1 aromatic carbocycles. The molecule has 0 aliphatic heterocycles. The number of fused-ring (bicyclic) bond motifs is 1. The van der Waals surface area contributed by atoms with E-state index in [1.165, 1.54) is 6.20 Å². The van der Waals surface area contributed by atoms with Crippen molar-refractivity contribution in [2.75, 3.05) is 5.73 Å². The molecule has 0 saturated carbocycles. The highest BCUT2D eigenvalue weighted by Gasteiger charge is 2.13. The Hall–Kier alpha value is -1.02. The van der Waals surface area contributed by atoms with Crippen LogP contribution in [0.4, 0.5) is 5.69 Å². The quantitative estimate of drug-likeness (QED) is 0.753. The van der Waals surface area contributed by atoms with E-state index in [4.69, 9.17) is 34.2 Å². The molecular formula is C10H4BrCl2N3. The van der Waals surface area contributed by atoms with Crippen molar-refractivity contribution in [3.8, 4) is 6.07 Å². The fourth-order valence-electron chi connectivity index (χ4n) is 1.35. The number of nitrogens with zero attached hydrogens (tertiary/aromatic N) is 2. The minimum Gasteiger partial charge on any atom is -0.397 e. The molecule has 1 heterocycles. The van der Waals surface area contributed by atoms with Gasteiger partial charge >= 0.3 is 0 Å². The fraction of sp³-hybridized carbons (Fsp3) is 0. The van der Waals surface area contributed by atoms with Crippen molar-refractivity contribution in [3.05, 3.63) is 32.3 Å². The van der Waals surface area contributed by atoms with Gasteiger partial charge in [0.25, 0.3) is 0 Å². The first kappa shape index (κ1) is 11.5. The lowest BCUT2D eigenvalue weighted by Gasteiger charge is -2.07. The Labute approximate surface area is 110 Å². The van der Waals surface area contributed by atoms with Crippen LogP contribution in [-0.4, -0.2) is 4.98 Å². The number of aromatic nitrogens is 1. The molecule has 0 saturated heterocycles. The summed E-state index contributed by atoms with van der Waals surface area (Å²) in [4.78, 5) is 4.07. The van der Waals surface area contributed by atoms with E-state index in [2.05, 4.69) is 20.9 Å².